The second kappa shape index (κ2) is 10.6. The smallest absolute Gasteiger partial charge is 0.329 e. The number of benzene rings is 3. The lowest BCUT2D eigenvalue weighted by molar-refractivity contribution is -0.143. The molecule has 0 radical (unpaired) electrons. The van der Waals surface area contributed by atoms with Crippen molar-refractivity contribution in [1.29, 1.82) is 0 Å². The maximum atomic E-state index is 12.6. The molecule has 0 unspecified atom stereocenters. The molecule has 0 saturated carbocycles. The van der Waals surface area contributed by atoms with Crippen molar-refractivity contribution in [2.75, 3.05) is 20.3 Å². The minimum absolute atomic E-state index is 0.0395. The molecule has 0 aromatic heterocycles. The van der Waals surface area contributed by atoms with Crippen molar-refractivity contribution in [3.8, 4) is 11.5 Å². The summed E-state index contributed by atoms with van der Waals surface area (Å²) in [5.41, 5.74) is 1.67. The first kappa shape index (κ1) is 24.3. The van der Waals surface area contributed by atoms with E-state index in [1.807, 2.05) is 31.2 Å². The molecule has 0 aliphatic carbocycles. The highest BCUT2D eigenvalue weighted by Crippen LogP contribution is 2.38. The van der Waals surface area contributed by atoms with E-state index in [4.69, 9.17) is 9.47 Å². The lowest BCUT2D eigenvalue weighted by Crippen LogP contribution is -2.36. The number of halogens is 1. The number of nitrogens with one attached hydrogen (secondary N) is 1. The van der Waals surface area contributed by atoms with Gasteiger partial charge in [0.15, 0.2) is 11.5 Å². The summed E-state index contributed by atoms with van der Waals surface area (Å²) in [7, 11) is 1.19. The molecule has 3 amide bonds. The first-order chi connectivity index (χ1) is 16.9. The van der Waals surface area contributed by atoms with Gasteiger partial charge in [0.1, 0.15) is 18.8 Å². The van der Waals surface area contributed by atoms with Gasteiger partial charge >= 0.3 is 12.0 Å². The van der Waals surface area contributed by atoms with Crippen LogP contribution in [0.15, 0.2) is 64.8 Å². The van der Waals surface area contributed by atoms with Crippen molar-refractivity contribution in [3.05, 3.63) is 75.9 Å². The molecule has 1 aliphatic heterocycles. The van der Waals surface area contributed by atoms with Crippen molar-refractivity contribution in [2.24, 2.45) is 0 Å². The van der Waals surface area contributed by atoms with E-state index in [2.05, 4.69) is 44.2 Å². The third kappa shape index (κ3) is 5.30. The van der Waals surface area contributed by atoms with Crippen LogP contribution >= 0.6 is 15.9 Å². The summed E-state index contributed by atoms with van der Waals surface area (Å²) in [6, 6.07) is 17.0. The van der Waals surface area contributed by atoms with Crippen LogP contribution in [0.4, 0.5) is 4.79 Å². The second-order valence-corrected chi connectivity index (χ2v) is 8.50. The molecule has 0 atom stereocenters. The molecule has 1 saturated heterocycles. The highest BCUT2D eigenvalue weighted by atomic mass is 79.9. The average Bonchev–Trinajstić information content (AvgIpc) is 3.10. The van der Waals surface area contributed by atoms with Gasteiger partial charge in [-0.1, -0.05) is 42.5 Å². The first-order valence-corrected chi connectivity index (χ1v) is 11.7. The molecule has 1 N–H and O–H groups in total. The molecule has 1 heterocycles. The number of methoxy groups -OCH3 is 1. The van der Waals surface area contributed by atoms with Crippen molar-refractivity contribution < 1.29 is 28.6 Å². The summed E-state index contributed by atoms with van der Waals surface area (Å²) < 4.78 is 17.1. The molecule has 9 heteroatoms. The minimum Gasteiger partial charge on any atom is -0.490 e. The molecule has 180 valence electrons. The Kier molecular flexibility index (Phi) is 7.36. The number of esters is 1. The highest BCUT2D eigenvalue weighted by molar-refractivity contribution is 9.10. The summed E-state index contributed by atoms with van der Waals surface area (Å²) in [5, 5.41) is 4.72. The first-order valence-electron chi connectivity index (χ1n) is 10.9. The Labute approximate surface area is 210 Å². The molecule has 1 fully saturated rings. The van der Waals surface area contributed by atoms with Gasteiger partial charge in [-0.05, 0) is 63.0 Å². The van der Waals surface area contributed by atoms with E-state index in [-0.39, 0.29) is 5.70 Å². The van der Waals surface area contributed by atoms with Gasteiger partial charge in [-0.3, -0.25) is 9.59 Å². The van der Waals surface area contributed by atoms with Gasteiger partial charge in [0.05, 0.1) is 18.2 Å². The molecule has 35 heavy (non-hydrogen) atoms. The Hall–Kier alpha value is -3.85. The molecular formula is C26H23BrN2O6. The van der Waals surface area contributed by atoms with Crippen LogP contribution in [0.5, 0.6) is 11.5 Å². The van der Waals surface area contributed by atoms with Gasteiger partial charge in [-0.15, -0.1) is 0 Å². The predicted molar refractivity (Wildman–Crippen MR) is 134 cm³/mol. The van der Waals surface area contributed by atoms with Gasteiger partial charge in [-0.2, -0.15) is 0 Å². The summed E-state index contributed by atoms with van der Waals surface area (Å²) in [5.74, 6) is -0.303. The molecule has 4 rings (SSSR count). The average molecular weight is 539 g/mol. The van der Waals surface area contributed by atoms with Crippen molar-refractivity contribution in [2.45, 2.75) is 13.5 Å². The normalized spacial score (nSPS) is 14.4. The van der Waals surface area contributed by atoms with E-state index in [1.165, 1.54) is 13.2 Å². The van der Waals surface area contributed by atoms with Gasteiger partial charge in [0.25, 0.3) is 5.91 Å². The van der Waals surface area contributed by atoms with E-state index in [1.54, 1.807) is 12.1 Å². The van der Waals surface area contributed by atoms with Crippen LogP contribution < -0.4 is 14.8 Å². The zero-order valence-electron chi connectivity index (χ0n) is 19.2. The fourth-order valence-electron chi connectivity index (χ4n) is 3.72. The zero-order chi connectivity index (χ0) is 24.9. The largest absolute Gasteiger partial charge is 0.490 e. The van der Waals surface area contributed by atoms with Gasteiger partial charge in [0.2, 0.25) is 0 Å². The van der Waals surface area contributed by atoms with Gasteiger partial charge < -0.3 is 19.5 Å². The molecule has 3 aromatic carbocycles. The lowest BCUT2D eigenvalue weighted by Gasteiger charge is -2.16. The summed E-state index contributed by atoms with van der Waals surface area (Å²) >= 11 is 3.54. The SMILES string of the molecule is CCOc1cc(/C=C2/NC(=O)N(CC(=O)OC)C2=O)cc(Br)c1OCc1cccc2ccccc12. The molecule has 1 aliphatic rings. The second-order valence-electron chi connectivity index (χ2n) is 7.65. The van der Waals surface area contributed by atoms with E-state index in [9.17, 15) is 14.4 Å². The highest BCUT2D eigenvalue weighted by Gasteiger charge is 2.35. The summed E-state index contributed by atoms with van der Waals surface area (Å²) in [6.45, 7) is 2.13. The third-order valence-electron chi connectivity index (χ3n) is 5.37. The maximum Gasteiger partial charge on any atom is 0.329 e. The summed E-state index contributed by atoms with van der Waals surface area (Å²) in [4.78, 5) is 37.0. The molecule has 3 aromatic rings. The number of ether oxygens (including phenoxy) is 3. The van der Waals surface area contributed by atoms with E-state index < -0.39 is 24.5 Å². The number of hydrogen-bond acceptors (Lipinski definition) is 6. The van der Waals surface area contributed by atoms with E-state index >= 15 is 0 Å². The minimum atomic E-state index is -0.691. The number of hydrogen-bond donors (Lipinski definition) is 1. The lowest BCUT2D eigenvalue weighted by atomic mass is 10.1. The van der Waals surface area contributed by atoms with E-state index in [0.29, 0.717) is 34.7 Å². The third-order valence-corrected chi connectivity index (χ3v) is 5.96. The Balaban J connectivity index is 1.59. The van der Waals surface area contributed by atoms with Gasteiger partial charge in [-0.25, -0.2) is 9.69 Å². The predicted octanol–water partition coefficient (Wildman–Crippen LogP) is 4.65. The Morgan fingerprint density at radius 2 is 1.86 bits per heavy atom. The number of rotatable bonds is 8. The number of amides is 3. The zero-order valence-corrected chi connectivity index (χ0v) is 20.8. The number of nitrogens with zero attached hydrogens (tertiary/aromatic N) is 1. The molecule has 0 bridgehead atoms. The van der Waals surface area contributed by atoms with Crippen LogP contribution in [0.1, 0.15) is 18.1 Å². The fourth-order valence-corrected chi connectivity index (χ4v) is 4.29. The Bertz CT molecular complexity index is 1330. The van der Waals surface area contributed by atoms with Crippen LogP contribution in [0.2, 0.25) is 0 Å². The van der Waals surface area contributed by atoms with Crippen molar-refractivity contribution in [3.63, 3.8) is 0 Å². The quantitative estimate of drug-likeness (QED) is 0.255. The van der Waals surface area contributed by atoms with Crippen LogP contribution in [0.3, 0.4) is 0 Å². The van der Waals surface area contributed by atoms with E-state index in [0.717, 1.165) is 21.2 Å². The molecular weight excluding hydrogens is 516 g/mol. The maximum absolute atomic E-state index is 12.6. The summed E-state index contributed by atoms with van der Waals surface area (Å²) in [6.07, 6.45) is 1.51. The Morgan fingerprint density at radius 1 is 1.09 bits per heavy atom. The van der Waals surface area contributed by atoms with Crippen LogP contribution in [-0.2, 0) is 20.9 Å². The topological polar surface area (TPSA) is 94.2 Å². The fraction of sp³-hybridized carbons (Fsp3) is 0.192. The van der Waals surface area contributed by atoms with Crippen LogP contribution in [-0.4, -0.2) is 43.1 Å². The van der Waals surface area contributed by atoms with Crippen molar-refractivity contribution in [1.82, 2.24) is 10.2 Å². The Morgan fingerprint density at radius 3 is 2.63 bits per heavy atom. The van der Waals surface area contributed by atoms with Gasteiger partial charge in [0, 0.05) is 0 Å². The monoisotopic (exact) mass is 538 g/mol. The number of carbonyl (C=O) groups excluding carboxylic acids is 3. The standard InChI is InChI=1S/C26H23BrN2O6/c1-3-34-22-13-16(12-21-25(31)29(26(32)28-21)14-23(30)33-2)11-20(27)24(22)35-15-18-9-6-8-17-7-4-5-10-19(17)18/h4-13H,3,14-15H2,1-2H3,(H,28,32)/b21-12+. The number of urea groups is 1. The number of carbonyl (C=O) groups is 3. The van der Waals surface area contributed by atoms with Crippen LogP contribution in [0, 0.1) is 0 Å². The number of imide groups is 1. The number of fused-ring (bicyclic) bond motifs is 1. The van der Waals surface area contributed by atoms with Crippen molar-refractivity contribution >= 4 is 50.7 Å². The molecule has 0 spiro atoms. The molecule has 8 nitrogen and oxygen atoms in total. The van der Waals surface area contributed by atoms with Crippen LogP contribution in [0.25, 0.3) is 16.8 Å².